The first-order valence-electron chi connectivity index (χ1n) is 7.07. The van der Waals surface area contributed by atoms with Crippen molar-refractivity contribution in [3.05, 3.63) is 53.6 Å². The highest BCUT2D eigenvalue weighted by Crippen LogP contribution is 2.33. The molecule has 25 heavy (non-hydrogen) atoms. The average molecular weight is 345 g/mol. The third kappa shape index (κ3) is 3.23. The Morgan fingerprint density at radius 1 is 0.960 bits per heavy atom. The van der Waals surface area contributed by atoms with Crippen LogP contribution in [0.15, 0.2) is 42.5 Å². The third-order valence-corrected chi connectivity index (χ3v) is 3.84. The lowest BCUT2D eigenvalue weighted by Gasteiger charge is -2.25. The Kier molecular flexibility index (Phi) is 4.64. The van der Waals surface area contributed by atoms with E-state index in [-0.39, 0.29) is 16.8 Å². The number of rotatable bonds is 5. The minimum atomic E-state index is -2.13. The van der Waals surface area contributed by atoms with Crippen molar-refractivity contribution in [1.29, 1.82) is 0 Å². The zero-order valence-corrected chi connectivity index (χ0v) is 13.1. The molecule has 130 valence electrons. The number of phenols is 2. The maximum absolute atomic E-state index is 12.6. The molecular formula is C17H15NO7. The Bertz CT molecular complexity index is 862. The lowest BCUT2D eigenvalue weighted by Crippen LogP contribution is -2.44. The molecule has 8 nitrogen and oxygen atoms in total. The first-order chi connectivity index (χ1) is 11.7. The Morgan fingerprint density at radius 3 is 2.16 bits per heavy atom. The second-order valence-corrected chi connectivity index (χ2v) is 5.44. The number of hydrogen-bond acceptors (Lipinski definition) is 5. The van der Waals surface area contributed by atoms with Gasteiger partial charge in [-0.05, 0) is 36.8 Å². The molecule has 1 amide bonds. The van der Waals surface area contributed by atoms with E-state index in [0.29, 0.717) is 0 Å². The van der Waals surface area contributed by atoms with Crippen LogP contribution in [0.3, 0.4) is 0 Å². The zero-order chi connectivity index (χ0) is 18.8. The summed E-state index contributed by atoms with van der Waals surface area (Å²) in [7, 11) is 0. The van der Waals surface area contributed by atoms with Gasteiger partial charge in [-0.25, -0.2) is 4.79 Å². The van der Waals surface area contributed by atoms with Crippen molar-refractivity contribution < 1.29 is 34.8 Å². The normalized spacial score (nSPS) is 12.8. The van der Waals surface area contributed by atoms with Gasteiger partial charge in [0, 0.05) is 0 Å². The fourth-order valence-electron chi connectivity index (χ4n) is 2.21. The number of phenolic OH excluding ortho intramolecular Hbond substituents is 2. The number of para-hydroxylation sites is 1. The zero-order valence-electron chi connectivity index (χ0n) is 13.1. The van der Waals surface area contributed by atoms with Crippen LogP contribution in [0.2, 0.25) is 0 Å². The Hall–Kier alpha value is -3.55. The fourth-order valence-corrected chi connectivity index (χ4v) is 2.21. The summed E-state index contributed by atoms with van der Waals surface area (Å²) in [5.74, 6) is -4.84. The highest BCUT2D eigenvalue weighted by atomic mass is 16.4. The number of amides is 1. The van der Waals surface area contributed by atoms with Gasteiger partial charge in [-0.15, -0.1) is 0 Å². The number of carbonyl (C=O) groups excluding carboxylic acids is 1. The van der Waals surface area contributed by atoms with Crippen LogP contribution in [0.5, 0.6) is 11.5 Å². The lowest BCUT2D eigenvalue weighted by atomic mass is 9.81. The second kappa shape index (κ2) is 6.52. The van der Waals surface area contributed by atoms with Gasteiger partial charge in [0.05, 0.1) is 11.3 Å². The van der Waals surface area contributed by atoms with Gasteiger partial charge in [-0.1, -0.05) is 18.2 Å². The number of benzene rings is 2. The summed E-state index contributed by atoms with van der Waals surface area (Å²) in [5.41, 5.74) is -2.47. The molecule has 2 rings (SSSR count). The first kappa shape index (κ1) is 17.8. The maximum atomic E-state index is 12.6. The van der Waals surface area contributed by atoms with E-state index >= 15 is 0 Å². The van der Waals surface area contributed by atoms with Crippen molar-refractivity contribution in [2.45, 2.75) is 12.3 Å². The van der Waals surface area contributed by atoms with E-state index in [0.717, 1.165) is 19.1 Å². The molecule has 0 spiro atoms. The van der Waals surface area contributed by atoms with Crippen LogP contribution < -0.4 is 5.32 Å². The molecule has 0 fully saturated rings. The highest BCUT2D eigenvalue weighted by molar-refractivity contribution is 6.14. The Balaban J connectivity index is 2.47. The largest absolute Gasteiger partial charge is 0.504 e. The average Bonchev–Trinajstić information content (AvgIpc) is 2.56. The summed E-state index contributed by atoms with van der Waals surface area (Å²) in [6.45, 7) is 1.11. The van der Waals surface area contributed by atoms with Crippen LogP contribution in [-0.2, 0) is 15.0 Å². The number of aromatic carboxylic acids is 1. The predicted octanol–water partition coefficient (Wildman–Crippen LogP) is 1.78. The van der Waals surface area contributed by atoms with Crippen LogP contribution in [0.25, 0.3) is 0 Å². The number of nitrogens with one attached hydrogen (secondary N) is 1. The molecule has 0 aliphatic rings. The van der Waals surface area contributed by atoms with Crippen LogP contribution in [0.1, 0.15) is 22.8 Å². The number of hydrogen-bond donors (Lipinski definition) is 5. The van der Waals surface area contributed by atoms with Crippen molar-refractivity contribution in [3.8, 4) is 11.5 Å². The van der Waals surface area contributed by atoms with Gasteiger partial charge in [0.2, 0.25) is 5.91 Å². The SMILES string of the molecule is CC(C(=O)O)(C(=O)Nc1ccccc1C(=O)O)c1ccc(O)c(O)c1. The van der Waals surface area contributed by atoms with Crippen molar-refractivity contribution in [2.75, 3.05) is 5.32 Å². The van der Waals surface area contributed by atoms with Crippen molar-refractivity contribution in [1.82, 2.24) is 0 Å². The predicted molar refractivity (Wildman–Crippen MR) is 86.8 cm³/mol. The van der Waals surface area contributed by atoms with Gasteiger partial charge in [0.25, 0.3) is 0 Å². The van der Waals surface area contributed by atoms with Gasteiger partial charge in [-0.2, -0.15) is 0 Å². The number of aliphatic carboxylic acids is 1. The van der Waals surface area contributed by atoms with Gasteiger partial charge < -0.3 is 25.7 Å². The van der Waals surface area contributed by atoms with Crippen molar-refractivity contribution in [3.63, 3.8) is 0 Å². The smallest absolute Gasteiger partial charge is 0.337 e. The van der Waals surface area contributed by atoms with Crippen LogP contribution in [-0.4, -0.2) is 38.3 Å². The van der Waals surface area contributed by atoms with E-state index < -0.39 is 34.8 Å². The molecule has 0 aliphatic carbocycles. The summed E-state index contributed by atoms with van der Waals surface area (Å²) < 4.78 is 0. The monoisotopic (exact) mass is 345 g/mol. The van der Waals surface area contributed by atoms with Gasteiger partial charge in [0.15, 0.2) is 16.9 Å². The molecule has 0 heterocycles. The van der Waals surface area contributed by atoms with E-state index in [1.807, 2.05) is 0 Å². The Labute approximate surface area is 142 Å². The van der Waals surface area contributed by atoms with Crippen molar-refractivity contribution >= 4 is 23.5 Å². The topological polar surface area (TPSA) is 144 Å². The summed E-state index contributed by atoms with van der Waals surface area (Å²) >= 11 is 0. The molecule has 0 saturated carbocycles. The summed E-state index contributed by atoms with van der Waals surface area (Å²) in [5, 5.41) is 39.9. The fraction of sp³-hybridized carbons (Fsp3) is 0.118. The van der Waals surface area contributed by atoms with Crippen LogP contribution in [0, 0.1) is 0 Å². The molecular weight excluding hydrogens is 330 g/mol. The molecule has 1 unspecified atom stereocenters. The van der Waals surface area contributed by atoms with Crippen LogP contribution in [0.4, 0.5) is 5.69 Å². The van der Waals surface area contributed by atoms with Gasteiger partial charge >= 0.3 is 11.9 Å². The summed E-state index contributed by atoms with van der Waals surface area (Å²) in [4.78, 5) is 35.6. The standard InChI is InChI=1S/C17H15NO7/c1-17(16(24)25,9-6-7-12(19)13(20)8-9)15(23)18-11-5-3-2-4-10(11)14(21)22/h2-8,19-20H,1H3,(H,18,23)(H,21,22)(H,24,25). The molecule has 1 atom stereocenters. The molecule has 0 aromatic heterocycles. The van der Waals surface area contributed by atoms with Crippen molar-refractivity contribution in [2.24, 2.45) is 0 Å². The Morgan fingerprint density at radius 2 is 1.60 bits per heavy atom. The van der Waals surface area contributed by atoms with E-state index in [9.17, 15) is 29.7 Å². The van der Waals surface area contributed by atoms with E-state index in [1.54, 1.807) is 0 Å². The molecule has 2 aromatic carbocycles. The minimum Gasteiger partial charge on any atom is -0.504 e. The molecule has 0 bridgehead atoms. The summed E-state index contributed by atoms with van der Waals surface area (Å²) in [6.07, 6.45) is 0. The second-order valence-electron chi connectivity index (χ2n) is 5.44. The van der Waals surface area contributed by atoms with Crippen LogP contribution >= 0.6 is 0 Å². The number of carbonyl (C=O) groups is 3. The van der Waals surface area contributed by atoms with Gasteiger partial charge in [0.1, 0.15) is 0 Å². The highest BCUT2D eigenvalue weighted by Gasteiger charge is 2.44. The number of carboxylic acid groups (broad SMARTS) is 2. The third-order valence-electron chi connectivity index (χ3n) is 3.84. The van der Waals surface area contributed by atoms with Gasteiger partial charge in [-0.3, -0.25) is 9.59 Å². The van der Waals surface area contributed by atoms with E-state index in [2.05, 4.69) is 5.32 Å². The summed E-state index contributed by atoms with van der Waals surface area (Å²) in [6, 6.07) is 8.77. The van der Waals surface area contributed by atoms with E-state index in [4.69, 9.17) is 5.11 Å². The lowest BCUT2D eigenvalue weighted by molar-refractivity contribution is -0.147. The molecule has 8 heteroatoms. The maximum Gasteiger partial charge on any atom is 0.337 e. The number of anilines is 1. The number of aromatic hydroxyl groups is 2. The molecule has 0 saturated heterocycles. The quantitative estimate of drug-likeness (QED) is 0.410. The molecule has 0 radical (unpaired) electrons. The number of carboxylic acids is 2. The first-order valence-corrected chi connectivity index (χ1v) is 7.07. The molecule has 2 aromatic rings. The minimum absolute atomic E-state index is 0.0597. The molecule has 5 N–H and O–H groups in total. The van der Waals surface area contributed by atoms with E-state index in [1.165, 1.54) is 30.3 Å². The molecule has 0 aliphatic heterocycles.